The standard InChI is InChI=1S/C24H31NO4/c1-5-9-22(26)21(25-23(27)28-17-19-10-7-6-8-11-19)16-18-12-14-20(15-13-18)29-24(2,3)4/h5-8,10-15,21-22,26H,1,9,16-17H2,2-4H3,(H,25,27)/t21-,22-/m0/s1. The number of amides is 1. The van der Waals surface area contributed by atoms with Gasteiger partial charge in [0.25, 0.3) is 0 Å². The highest BCUT2D eigenvalue weighted by Crippen LogP contribution is 2.20. The highest BCUT2D eigenvalue weighted by Gasteiger charge is 2.22. The van der Waals surface area contributed by atoms with Crippen LogP contribution in [0.15, 0.2) is 67.3 Å². The third-order valence-corrected chi connectivity index (χ3v) is 4.19. The molecule has 0 aliphatic heterocycles. The van der Waals surface area contributed by atoms with Gasteiger partial charge in [0, 0.05) is 0 Å². The average molecular weight is 398 g/mol. The summed E-state index contributed by atoms with van der Waals surface area (Å²) < 4.78 is 11.1. The molecule has 2 aromatic carbocycles. The molecular formula is C24H31NO4. The number of hydrogen-bond donors (Lipinski definition) is 2. The Morgan fingerprint density at radius 1 is 1.10 bits per heavy atom. The van der Waals surface area contributed by atoms with Crippen molar-refractivity contribution < 1.29 is 19.4 Å². The van der Waals surface area contributed by atoms with E-state index < -0.39 is 18.2 Å². The molecule has 2 atom stereocenters. The molecule has 0 bridgehead atoms. The molecule has 156 valence electrons. The Bertz CT molecular complexity index is 766. The van der Waals surface area contributed by atoms with Crippen LogP contribution >= 0.6 is 0 Å². The Morgan fingerprint density at radius 3 is 2.34 bits per heavy atom. The second kappa shape index (κ2) is 10.7. The van der Waals surface area contributed by atoms with Gasteiger partial charge in [-0.3, -0.25) is 0 Å². The zero-order valence-corrected chi connectivity index (χ0v) is 17.4. The molecule has 2 aromatic rings. The van der Waals surface area contributed by atoms with E-state index in [0.717, 1.165) is 16.9 Å². The fourth-order valence-corrected chi connectivity index (χ4v) is 2.84. The summed E-state index contributed by atoms with van der Waals surface area (Å²) >= 11 is 0. The Labute approximate surface area is 173 Å². The van der Waals surface area contributed by atoms with Crippen LogP contribution < -0.4 is 10.1 Å². The minimum absolute atomic E-state index is 0.176. The summed E-state index contributed by atoms with van der Waals surface area (Å²) in [5, 5.41) is 13.2. The van der Waals surface area contributed by atoms with E-state index in [-0.39, 0.29) is 12.2 Å². The van der Waals surface area contributed by atoms with E-state index in [1.54, 1.807) is 6.08 Å². The molecule has 0 aromatic heterocycles. The van der Waals surface area contributed by atoms with Gasteiger partial charge in [0.1, 0.15) is 18.0 Å². The molecule has 1 amide bonds. The summed E-state index contributed by atoms with van der Waals surface area (Å²) in [7, 11) is 0. The van der Waals surface area contributed by atoms with Gasteiger partial charge >= 0.3 is 6.09 Å². The molecule has 5 heteroatoms. The molecule has 0 spiro atoms. The number of hydrogen-bond acceptors (Lipinski definition) is 4. The van der Waals surface area contributed by atoms with Gasteiger partial charge in [-0.2, -0.15) is 0 Å². The van der Waals surface area contributed by atoms with E-state index >= 15 is 0 Å². The van der Waals surface area contributed by atoms with Crippen LogP contribution in [-0.4, -0.2) is 28.9 Å². The summed E-state index contributed by atoms with van der Waals surface area (Å²) in [6, 6.07) is 16.6. The van der Waals surface area contributed by atoms with E-state index in [1.807, 2.05) is 75.4 Å². The molecule has 0 saturated carbocycles. The van der Waals surface area contributed by atoms with Gasteiger partial charge in [-0.05, 0) is 56.9 Å². The zero-order valence-electron chi connectivity index (χ0n) is 17.4. The molecule has 0 radical (unpaired) electrons. The average Bonchev–Trinajstić information content (AvgIpc) is 2.67. The first kappa shape index (κ1) is 22.5. The maximum atomic E-state index is 12.2. The molecule has 5 nitrogen and oxygen atoms in total. The molecule has 0 unspecified atom stereocenters. The quantitative estimate of drug-likeness (QED) is 0.605. The number of ether oxygens (including phenoxy) is 2. The minimum Gasteiger partial charge on any atom is -0.488 e. The fourth-order valence-electron chi connectivity index (χ4n) is 2.84. The van der Waals surface area contributed by atoms with Crippen molar-refractivity contribution in [3.05, 3.63) is 78.4 Å². The number of carbonyl (C=O) groups is 1. The maximum absolute atomic E-state index is 12.2. The van der Waals surface area contributed by atoms with Crippen molar-refractivity contribution in [3.63, 3.8) is 0 Å². The van der Waals surface area contributed by atoms with Gasteiger partial charge in [-0.15, -0.1) is 6.58 Å². The first-order valence-corrected chi connectivity index (χ1v) is 9.81. The fraction of sp³-hybridized carbons (Fsp3) is 0.375. The zero-order chi connectivity index (χ0) is 21.3. The number of alkyl carbamates (subject to hydrolysis) is 1. The van der Waals surface area contributed by atoms with Crippen LogP contribution in [0.25, 0.3) is 0 Å². The van der Waals surface area contributed by atoms with Crippen LogP contribution in [0.5, 0.6) is 5.75 Å². The van der Waals surface area contributed by atoms with E-state index in [2.05, 4.69) is 11.9 Å². The molecule has 0 fully saturated rings. The highest BCUT2D eigenvalue weighted by atomic mass is 16.5. The van der Waals surface area contributed by atoms with Crippen molar-refractivity contribution in [2.45, 2.75) is 58.0 Å². The predicted octanol–water partition coefficient (Wildman–Crippen LogP) is 4.64. The smallest absolute Gasteiger partial charge is 0.407 e. The lowest BCUT2D eigenvalue weighted by atomic mass is 9.99. The second-order valence-electron chi connectivity index (χ2n) is 7.97. The van der Waals surface area contributed by atoms with Crippen LogP contribution in [0, 0.1) is 0 Å². The number of nitrogens with one attached hydrogen (secondary N) is 1. The normalized spacial score (nSPS) is 13.2. The van der Waals surface area contributed by atoms with Gasteiger partial charge in [0.2, 0.25) is 0 Å². The van der Waals surface area contributed by atoms with E-state index in [1.165, 1.54) is 0 Å². The minimum atomic E-state index is -0.762. The lowest BCUT2D eigenvalue weighted by molar-refractivity contribution is 0.102. The Balaban J connectivity index is 1.98. The topological polar surface area (TPSA) is 67.8 Å². The lowest BCUT2D eigenvalue weighted by Crippen LogP contribution is -2.44. The van der Waals surface area contributed by atoms with Crippen molar-refractivity contribution >= 4 is 6.09 Å². The van der Waals surface area contributed by atoms with Crippen molar-refractivity contribution in [1.29, 1.82) is 0 Å². The van der Waals surface area contributed by atoms with Gasteiger partial charge < -0.3 is 19.9 Å². The lowest BCUT2D eigenvalue weighted by Gasteiger charge is -2.24. The SMILES string of the molecule is C=CC[C@H](O)[C@H](Cc1ccc(OC(C)(C)C)cc1)NC(=O)OCc1ccccc1. The van der Waals surface area contributed by atoms with Gasteiger partial charge in [-0.1, -0.05) is 48.5 Å². The molecule has 0 saturated heterocycles. The molecular weight excluding hydrogens is 366 g/mol. The summed E-state index contributed by atoms with van der Waals surface area (Å²) in [4.78, 5) is 12.2. The molecule has 2 N–H and O–H groups in total. The van der Waals surface area contributed by atoms with Crippen molar-refractivity contribution in [3.8, 4) is 5.75 Å². The second-order valence-corrected chi connectivity index (χ2v) is 7.97. The number of benzene rings is 2. The summed E-state index contributed by atoms with van der Waals surface area (Å²) in [6.07, 6.45) is 1.14. The number of rotatable bonds is 9. The van der Waals surface area contributed by atoms with Gasteiger partial charge in [-0.25, -0.2) is 4.79 Å². The molecule has 2 rings (SSSR count). The van der Waals surface area contributed by atoms with Crippen LogP contribution in [0.4, 0.5) is 4.79 Å². The van der Waals surface area contributed by atoms with Crippen LogP contribution in [0.1, 0.15) is 38.3 Å². The highest BCUT2D eigenvalue weighted by molar-refractivity contribution is 5.67. The Kier molecular flexibility index (Phi) is 8.28. The Morgan fingerprint density at radius 2 is 1.76 bits per heavy atom. The molecule has 0 aliphatic rings. The van der Waals surface area contributed by atoms with Crippen LogP contribution in [0.2, 0.25) is 0 Å². The molecule has 29 heavy (non-hydrogen) atoms. The third kappa shape index (κ3) is 8.40. The van der Waals surface area contributed by atoms with E-state index in [0.29, 0.717) is 12.8 Å². The first-order chi connectivity index (χ1) is 13.8. The van der Waals surface area contributed by atoms with Crippen molar-refractivity contribution in [1.82, 2.24) is 5.32 Å². The van der Waals surface area contributed by atoms with Gasteiger partial charge in [0.05, 0.1) is 12.1 Å². The number of aliphatic hydroxyl groups excluding tert-OH is 1. The Hall–Kier alpha value is -2.79. The van der Waals surface area contributed by atoms with Crippen LogP contribution in [0.3, 0.4) is 0 Å². The van der Waals surface area contributed by atoms with E-state index in [9.17, 15) is 9.90 Å². The number of aliphatic hydroxyl groups is 1. The van der Waals surface area contributed by atoms with Gasteiger partial charge in [0.15, 0.2) is 0 Å². The first-order valence-electron chi connectivity index (χ1n) is 9.81. The summed E-state index contributed by atoms with van der Waals surface area (Å²) in [5.41, 5.74) is 1.61. The van der Waals surface area contributed by atoms with E-state index in [4.69, 9.17) is 9.47 Å². The largest absolute Gasteiger partial charge is 0.488 e. The van der Waals surface area contributed by atoms with Crippen molar-refractivity contribution in [2.24, 2.45) is 0 Å². The third-order valence-electron chi connectivity index (χ3n) is 4.19. The monoisotopic (exact) mass is 397 g/mol. The maximum Gasteiger partial charge on any atom is 0.407 e. The summed E-state index contributed by atoms with van der Waals surface area (Å²) in [6.45, 7) is 9.83. The number of carbonyl (C=O) groups excluding carboxylic acids is 1. The van der Waals surface area contributed by atoms with Crippen LogP contribution in [-0.2, 0) is 17.8 Å². The molecule has 0 aliphatic carbocycles. The van der Waals surface area contributed by atoms with Crippen molar-refractivity contribution in [2.75, 3.05) is 0 Å². The summed E-state index contributed by atoms with van der Waals surface area (Å²) in [5.74, 6) is 0.777. The predicted molar refractivity (Wildman–Crippen MR) is 115 cm³/mol. The molecule has 0 heterocycles.